The number of hydrogen-bond acceptors (Lipinski definition) is 2. The molecule has 0 heterocycles. The third-order valence-corrected chi connectivity index (χ3v) is 2.61. The first-order chi connectivity index (χ1) is 9.58. The van der Waals surface area contributed by atoms with Gasteiger partial charge in [0.05, 0.1) is 17.7 Å². The lowest BCUT2D eigenvalue weighted by molar-refractivity contribution is -0.138. The minimum absolute atomic E-state index is 0.0661. The lowest BCUT2D eigenvalue weighted by Crippen LogP contribution is -2.38. The average Bonchev–Trinajstić information content (AvgIpc) is 2.28. The fourth-order valence-corrected chi connectivity index (χ4v) is 1.75. The van der Waals surface area contributed by atoms with Crippen molar-refractivity contribution in [2.45, 2.75) is 25.6 Å². The van der Waals surface area contributed by atoms with E-state index in [1.54, 1.807) is 0 Å². The molecule has 21 heavy (non-hydrogen) atoms. The molecule has 1 unspecified atom stereocenters. The Balaban J connectivity index is 2.73. The van der Waals surface area contributed by atoms with E-state index in [0.29, 0.717) is 0 Å². The van der Waals surface area contributed by atoms with Gasteiger partial charge in [-0.3, -0.25) is 0 Å². The van der Waals surface area contributed by atoms with Crippen molar-refractivity contribution in [3.8, 4) is 0 Å². The molecule has 3 N–H and O–H groups in total. The van der Waals surface area contributed by atoms with Crippen LogP contribution in [0.2, 0.25) is 5.02 Å². The van der Waals surface area contributed by atoms with Gasteiger partial charge in [0.15, 0.2) is 0 Å². The Kier molecular flexibility index (Phi) is 5.42. The zero-order valence-corrected chi connectivity index (χ0v) is 11.5. The van der Waals surface area contributed by atoms with Crippen molar-refractivity contribution in [1.82, 2.24) is 5.32 Å². The SMILES string of the molecule is CC(CC(F)(F)F)NC(=O)Nc1ccc(Cl)cc1C(=O)O. The molecular weight excluding hydrogens is 313 g/mol. The van der Waals surface area contributed by atoms with E-state index < -0.39 is 30.6 Å². The highest BCUT2D eigenvalue weighted by Gasteiger charge is 2.30. The first-order valence-electron chi connectivity index (χ1n) is 5.75. The fraction of sp³-hybridized carbons (Fsp3) is 0.333. The summed E-state index contributed by atoms with van der Waals surface area (Å²) in [4.78, 5) is 22.5. The van der Waals surface area contributed by atoms with E-state index in [1.165, 1.54) is 19.1 Å². The Labute approximate surface area is 123 Å². The standard InChI is InChI=1S/C12H12ClF3N2O3/c1-6(5-12(14,15)16)17-11(21)18-9-3-2-7(13)4-8(9)10(19)20/h2-4,6H,5H2,1H3,(H,19,20)(H2,17,18,21). The second-order valence-electron chi connectivity index (χ2n) is 4.31. The van der Waals surface area contributed by atoms with Crippen molar-refractivity contribution in [2.75, 3.05) is 5.32 Å². The average molecular weight is 325 g/mol. The number of hydrogen-bond donors (Lipinski definition) is 3. The number of carboxylic acid groups (broad SMARTS) is 1. The Morgan fingerprint density at radius 1 is 1.38 bits per heavy atom. The number of nitrogens with one attached hydrogen (secondary N) is 2. The molecule has 0 fully saturated rings. The molecule has 1 aromatic carbocycles. The van der Waals surface area contributed by atoms with Crippen molar-refractivity contribution in [3.05, 3.63) is 28.8 Å². The van der Waals surface area contributed by atoms with E-state index in [2.05, 4.69) is 10.6 Å². The van der Waals surface area contributed by atoms with Gasteiger partial charge in [-0.25, -0.2) is 9.59 Å². The number of carbonyl (C=O) groups is 2. The zero-order chi connectivity index (χ0) is 16.2. The summed E-state index contributed by atoms with van der Waals surface area (Å²) < 4.78 is 36.4. The molecule has 0 aliphatic rings. The lowest BCUT2D eigenvalue weighted by atomic mass is 10.2. The normalized spacial score (nSPS) is 12.6. The van der Waals surface area contributed by atoms with Crippen LogP contribution in [-0.4, -0.2) is 29.3 Å². The first-order valence-corrected chi connectivity index (χ1v) is 6.13. The Hall–Kier alpha value is -1.96. The Morgan fingerprint density at radius 3 is 2.52 bits per heavy atom. The molecule has 1 aromatic rings. The van der Waals surface area contributed by atoms with Crippen LogP contribution in [0.3, 0.4) is 0 Å². The van der Waals surface area contributed by atoms with Gasteiger partial charge in [0.1, 0.15) is 0 Å². The third-order valence-electron chi connectivity index (χ3n) is 2.38. The molecular formula is C12H12ClF3N2O3. The van der Waals surface area contributed by atoms with E-state index >= 15 is 0 Å². The smallest absolute Gasteiger partial charge is 0.391 e. The molecule has 0 spiro atoms. The summed E-state index contributed by atoms with van der Waals surface area (Å²) in [5, 5.41) is 13.4. The third kappa shape index (κ3) is 5.90. The number of urea groups is 1. The number of alkyl halides is 3. The van der Waals surface area contributed by atoms with Gasteiger partial charge in [0, 0.05) is 11.1 Å². The van der Waals surface area contributed by atoms with Crippen LogP contribution in [0.25, 0.3) is 0 Å². The molecule has 2 amide bonds. The van der Waals surface area contributed by atoms with Crippen molar-refractivity contribution >= 4 is 29.3 Å². The monoisotopic (exact) mass is 324 g/mol. The number of carboxylic acids is 1. The van der Waals surface area contributed by atoms with Crippen LogP contribution in [0.4, 0.5) is 23.7 Å². The summed E-state index contributed by atoms with van der Waals surface area (Å²) in [5.74, 6) is -1.32. The van der Waals surface area contributed by atoms with Gasteiger partial charge in [-0.15, -0.1) is 0 Å². The maximum atomic E-state index is 12.1. The van der Waals surface area contributed by atoms with Crippen LogP contribution in [0.15, 0.2) is 18.2 Å². The van der Waals surface area contributed by atoms with Crippen molar-refractivity contribution < 1.29 is 27.9 Å². The lowest BCUT2D eigenvalue weighted by Gasteiger charge is -2.17. The quantitative estimate of drug-likeness (QED) is 0.793. The maximum absolute atomic E-state index is 12.1. The number of rotatable bonds is 4. The summed E-state index contributed by atoms with van der Waals surface area (Å²) in [6.07, 6.45) is -5.59. The van der Waals surface area contributed by atoms with Gasteiger partial charge in [0.25, 0.3) is 0 Å². The molecule has 0 saturated heterocycles. The molecule has 9 heteroatoms. The first kappa shape index (κ1) is 17.1. The minimum Gasteiger partial charge on any atom is -0.478 e. The number of anilines is 1. The molecule has 116 valence electrons. The van der Waals surface area contributed by atoms with Crippen LogP contribution >= 0.6 is 11.6 Å². The second kappa shape index (κ2) is 6.66. The van der Waals surface area contributed by atoms with Gasteiger partial charge in [-0.05, 0) is 25.1 Å². The molecule has 0 bridgehead atoms. The van der Waals surface area contributed by atoms with E-state index in [4.69, 9.17) is 16.7 Å². The number of halogens is 4. The molecule has 0 radical (unpaired) electrons. The van der Waals surface area contributed by atoms with E-state index in [-0.39, 0.29) is 16.3 Å². The number of aromatic carboxylic acids is 1. The predicted octanol–water partition coefficient (Wildman–Crippen LogP) is 3.50. The largest absolute Gasteiger partial charge is 0.478 e. The number of carbonyl (C=O) groups excluding carboxylic acids is 1. The molecule has 0 saturated carbocycles. The van der Waals surface area contributed by atoms with Gasteiger partial charge < -0.3 is 15.7 Å². The molecule has 0 aliphatic heterocycles. The van der Waals surface area contributed by atoms with Crippen molar-refractivity contribution in [1.29, 1.82) is 0 Å². The fourth-order valence-electron chi connectivity index (χ4n) is 1.58. The van der Waals surface area contributed by atoms with Gasteiger partial charge in [-0.1, -0.05) is 11.6 Å². The second-order valence-corrected chi connectivity index (χ2v) is 4.75. The minimum atomic E-state index is -4.40. The van der Waals surface area contributed by atoms with Crippen LogP contribution in [0.1, 0.15) is 23.7 Å². The summed E-state index contributed by atoms with van der Waals surface area (Å²) in [6.45, 7) is 1.19. The molecule has 0 aromatic heterocycles. The van der Waals surface area contributed by atoms with Gasteiger partial charge in [-0.2, -0.15) is 13.2 Å². The van der Waals surface area contributed by atoms with Crippen LogP contribution in [-0.2, 0) is 0 Å². The molecule has 5 nitrogen and oxygen atoms in total. The topological polar surface area (TPSA) is 78.4 Å². The van der Waals surface area contributed by atoms with E-state index in [1.807, 2.05) is 0 Å². The molecule has 1 rings (SSSR count). The van der Waals surface area contributed by atoms with Gasteiger partial charge in [0.2, 0.25) is 0 Å². The highest BCUT2D eigenvalue weighted by molar-refractivity contribution is 6.31. The zero-order valence-electron chi connectivity index (χ0n) is 10.8. The molecule has 0 aliphatic carbocycles. The van der Waals surface area contributed by atoms with E-state index in [0.717, 1.165) is 6.07 Å². The predicted molar refractivity (Wildman–Crippen MR) is 70.7 cm³/mol. The van der Waals surface area contributed by atoms with Crippen LogP contribution in [0.5, 0.6) is 0 Å². The van der Waals surface area contributed by atoms with E-state index in [9.17, 15) is 22.8 Å². The van der Waals surface area contributed by atoms with Gasteiger partial charge >= 0.3 is 18.2 Å². The maximum Gasteiger partial charge on any atom is 0.391 e. The van der Waals surface area contributed by atoms with Crippen LogP contribution < -0.4 is 10.6 Å². The highest BCUT2D eigenvalue weighted by Crippen LogP contribution is 2.22. The summed E-state index contributed by atoms with van der Waals surface area (Å²) >= 11 is 5.64. The Morgan fingerprint density at radius 2 is 2.00 bits per heavy atom. The van der Waals surface area contributed by atoms with Crippen molar-refractivity contribution in [2.24, 2.45) is 0 Å². The van der Waals surface area contributed by atoms with Crippen molar-refractivity contribution in [3.63, 3.8) is 0 Å². The Bertz CT molecular complexity index is 549. The van der Waals surface area contributed by atoms with Crippen LogP contribution in [0, 0.1) is 0 Å². The molecule has 1 atom stereocenters. The highest BCUT2D eigenvalue weighted by atomic mass is 35.5. The summed E-state index contributed by atoms with van der Waals surface area (Å²) in [5.41, 5.74) is -0.329. The summed E-state index contributed by atoms with van der Waals surface area (Å²) in [7, 11) is 0. The summed E-state index contributed by atoms with van der Waals surface area (Å²) in [6, 6.07) is 1.64. The number of amides is 2. The number of benzene rings is 1.